The summed E-state index contributed by atoms with van der Waals surface area (Å²) in [7, 11) is 0. The van der Waals surface area contributed by atoms with Crippen molar-refractivity contribution >= 4 is 28.6 Å². The summed E-state index contributed by atoms with van der Waals surface area (Å²) in [6.07, 6.45) is 6.11. The van der Waals surface area contributed by atoms with Crippen molar-refractivity contribution < 1.29 is 0 Å². The Kier molecular flexibility index (Phi) is 3.04. The highest BCUT2D eigenvalue weighted by Gasteiger charge is 2.21. The molecule has 5 heteroatoms. The predicted molar refractivity (Wildman–Crippen MR) is 72.6 cm³/mol. The lowest BCUT2D eigenvalue weighted by atomic mass is 9.86. The maximum Gasteiger partial charge on any atom is 0.220 e. The maximum atomic E-state index is 5.97. The standard InChI is InChI=1S/C13H15ClN4/c14-10-7-6-9-12(17-10)11(18-13(15)16-9)8-4-2-1-3-5-8/h6-8H,1-5H2,(H2,15,16,18). The molecule has 0 atom stereocenters. The van der Waals surface area contributed by atoms with E-state index in [4.69, 9.17) is 17.3 Å². The van der Waals surface area contributed by atoms with E-state index < -0.39 is 0 Å². The molecule has 2 aromatic heterocycles. The number of anilines is 1. The van der Waals surface area contributed by atoms with E-state index in [0.29, 0.717) is 17.0 Å². The van der Waals surface area contributed by atoms with Crippen LogP contribution in [0.15, 0.2) is 12.1 Å². The van der Waals surface area contributed by atoms with Gasteiger partial charge in [-0.1, -0.05) is 30.9 Å². The Labute approximate surface area is 111 Å². The largest absolute Gasteiger partial charge is 0.368 e. The minimum Gasteiger partial charge on any atom is -0.368 e. The molecule has 0 bridgehead atoms. The van der Waals surface area contributed by atoms with Crippen LogP contribution in [0.25, 0.3) is 11.0 Å². The monoisotopic (exact) mass is 262 g/mol. The topological polar surface area (TPSA) is 64.7 Å². The van der Waals surface area contributed by atoms with Crippen LogP contribution in [0.5, 0.6) is 0 Å². The number of pyridine rings is 1. The summed E-state index contributed by atoms with van der Waals surface area (Å²) in [5, 5.41) is 0.480. The fourth-order valence-corrected chi connectivity index (χ4v) is 2.84. The summed E-state index contributed by atoms with van der Waals surface area (Å²) in [5.41, 5.74) is 8.35. The van der Waals surface area contributed by atoms with Crippen molar-refractivity contribution in [1.29, 1.82) is 0 Å². The molecule has 0 amide bonds. The highest BCUT2D eigenvalue weighted by molar-refractivity contribution is 6.29. The molecule has 0 aromatic carbocycles. The van der Waals surface area contributed by atoms with Gasteiger partial charge < -0.3 is 5.73 Å². The summed E-state index contributed by atoms with van der Waals surface area (Å²) < 4.78 is 0. The average Bonchev–Trinajstić information content (AvgIpc) is 2.39. The molecule has 94 valence electrons. The van der Waals surface area contributed by atoms with E-state index in [1.807, 2.05) is 6.07 Å². The lowest BCUT2D eigenvalue weighted by Crippen LogP contribution is -2.10. The van der Waals surface area contributed by atoms with Gasteiger partial charge in [0.1, 0.15) is 10.7 Å². The molecule has 1 aliphatic rings. The van der Waals surface area contributed by atoms with Gasteiger partial charge in [0.15, 0.2) is 0 Å². The van der Waals surface area contributed by atoms with Gasteiger partial charge in [-0.15, -0.1) is 0 Å². The van der Waals surface area contributed by atoms with Crippen LogP contribution in [0, 0.1) is 0 Å². The highest BCUT2D eigenvalue weighted by Crippen LogP contribution is 2.34. The van der Waals surface area contributed by atoms with Gasteiger partial charge >= 0.3 is 0 Å². The van der Waals surface area contributed by atoms with Gasteiger partial charge in [-0.05, 0) is 25.0 Å². The van der Waals surface area contributed by atoms with Crippen molar-refractivity contribution in [3.05, 3.63) is 23.0 Å². The molecule has 4 nitrogen and oxygen atoms in total. The number of nitrogen functional groups attached to an aromatic ring is 1. The number of aromatic nitrogens is 3. The summed E-state index contributed by atoms with van der Waals surface area (Å²) >= 11 is 5.97. The zero-order valence-electron chi connectivity index (χ0n) is 10.1. The normalized spacial score (nSPS) is 17.2. The maximum absolute atomic E-state index is 5.97. The van der Waals surface area contributed by atoms with Gasteiger partial charge in [0, 0.05) is 5.92 Å². The lowest BCUT2D eigenvalue weighted by molar-refractivity contribution is 0.438. The van der Waals surface area contributed by atoms with E-state index in [2.05, 4.69) is 15.0 Å². The van der Waals surface area contributed by atoms with Gasteiger partial charge in [0.05, 0.1) is 11.2 Å². The first-order chi connectivity index (χ1) is 8.74. The second-order valence-corrected chi connectivity index (χ2v) is 5.19. The van der Waals surface area contributed by atoms with Crippen LogP contribution in [0.2, 0.25) is 5.15 Å². The average molecular weight is 263 g/mol. The smallest absolute Gasteiger partial charge is 0.220 e. The third-order valence-corrected chi connectivity index (χ3v) is 3.75. The predicted octanol–water partition coefficient (Wildman–Crippen LogP) is 3.31. The first-order valence-electron chi connectivity index (χ1n) is 6.34. The number of fused-ring (bicyclic) bond motifs is 1. The summed E-state index contributed by atoms with van der Waals surface area (Å²) in [4.78, 5) is 13.0. The molecular formula is C13H15ClN4. The lowest BCUT2D eigenvalue weighted by Gasteiger charge is -2.21. The molecule has 0 spiro atoms. The van der Waals surface area contributed by atoms with Gasteiger partial charge in [-0.25, -0.2) is 15.0 Å². The van der Waals surface area contributed by atoms with Crippen LogP contribution in [-0.4, -0.2) is 15.0 Å². The van der Waals surface area contributed by atoms with E-state index in [1.165, 1.54) is 19.3 Å². The summed E-state index contributed by atoms with van der Waals surface area (Å²) in [5.74, 6) is 0.768. The highest BCUT2D eigenvalue weighted by atomic mass is 35.5. The number of nitrogens with two attached hydrogens (primary N) is 1. The van der Waals surface area contributed by atoms with Crippen LogP contribution in [0.3, 0.4) is 0 Å². The molecule has 2 N–H and O–H groups in total. The van der Waals surface area contributed by atoms with Crippen molar-refractivity contribution in [3.63, 3.8) is 0 Å². The molecule has 1 fully saturated rings. The van der Waals surface area contributed by atoms with Gasteiger partial charge in [0.2, 0.25) is 5.95 Å². The minimum atomic E-state index is 0.326. The quantitative estimate of drug-likeness (QED) is 0.801. The Morgan fingerprint density at radius 1 is 1.06 bits per heavy atom. The Hall–Kier alpha value is -1.42. The fourth-order valence-electron chi connectivity index (χ4n) is 2.69. The minimum absolute atomic E-state index is 0.326. The van der Waals surface area contributed by atoms with Crippen LogP contribution in [-0.2, 0) is 0 Å². The second kappa shape index (κ2) is 4.69. The molecule has 1 saturated carbocycles. The van der Waals surface area contributed by atoms with Crippen molar-refractivity contribution in [2.45, 2.75) is 38.0 Å². The van der Waals surface area contributed by atoms with Crippen molar-refractivity contribution in [2.75, 3.05) is 5.73 Å². The van der Waals surface area contributed by atoms with Crippen LogP contribution < -0.4 is 5.73 Å². The van der Waals surface area contributed by atoms with Gasteiger partial charge in [-0.2, -0.15) is 0 Å². The van der Waals surface area contributed by atoms with Gasteiger partial charge in [0.25, 0.3) is 0 Å². The van der Waals surface area contributed by atoms with Crippen molar-refractivity contribution in [1.82, 2.24) is 15.0 Å². The molecule has 2 heterocycles. The fraction of sp³-hybridized carbons (Fsp3) is 0.462. The molecule has 1 aliphatic carbocycles. The number of nitrogens with zero attached hydrogens (tertiary/aromatic N) is 3. The van der Waals surface area contributed by atoms with E-state index in [0.717, 1.165) is 29.6 Å². The molecule has 0 radical (unpaired) electrons. The molecule has 2 aromatic rings. The van der Waals surface area contributed by atoms with Crippen LogP contribution >= 0.6 is 11.6 Å². The Morgan fingerprint density at radius 3 is 2.61 bits per heavy atom. The van der Waals surface area contributed by atoms with Crippen LogP contribution in [0.4, 0.5) is 5.95 Å². The second-order valence-electron chi connectivity index (χ2n) is 4.80. The molecule has 0 unspecified atom stereocenters. The molecule has 0 saturated heterocycles. The molecule has 18 heavy (non-hydrogen) atoms. The third-order valence-electron chi connectivity index (χ3n) is 3.54. The van der Waals surface area contributed by atoms with Crippen molar-refractivity contribution in [2.24, 2.45) is 0 Å². The summed E-state index contributed by atoms with van der Waals surface area (Å²) in [6, 6.07) is 3.59. The number of halogens is 1. The molecule has 3 rings (SSSR count). The SMILES string of the molecule is Nc1nc(C2CCCCC2)c2nc(Cl)ccc2n1. The van der Waals surface area contributed by atoms with Crippen LogP contribution in [0.1, 0.15) is 43.7 Å². The number of rotatable bonds is 1. The molecule has 0 aliphatic heterocycles. The van der Waals surface area contributed by atoms with E-state index in [1.54, 1.807) is 6.07 Å². The van der Waals surface area contributed by atoms with Crippen molar-refractivity contribution in [3.8, 4) is 0 Å². The Bertz CT molecular complexity index is 578. The number of hydrogen-bond acceptors (Lipinski definition) is 4. The zero-order chi connectivity index (χ0) is 12.5. The van der Waals surface area contributed by atoms with E-state index in [9.17, 15) is 0 Å². The Balaban J connectivity index is 2.16. The first-order valence-corrected chi connectivity index (χ1v) is 6.71. The first kappa shape index (κ1) is 11.7. The third kappa shape index (κ3) is 2.12. The van der Waals surface area contributed by atoms with Gasteiger partial charge in [-0.3, -0.25) is 0 Å². The zero-order valence-corrected chi connectivity index (χ0v) is 10.8. The summed E-state index contributed by atoms with van der Waals surface area (Å²) in [6.45, 7) is 0. The van der Waals surface area contributed by atoms with E-state index >= 15 is 0 Å². The van der Waals surface area contributed by atoms with E-state index in [-0.39, 0.29) is 0 Å². The Morgan fingerprint density at radius 2 is 1.83 bits per heavy atom. The molecular weight excluding hydrogens is 248 g/mol. The number of hydrogen-bond donors (Lipinski definition) is 1.